The largest absolute Gasteiger partial charge is 0.368 e. The first-order valence-electron chi connectivity index (χ1n) is 7.80. The maximum Gasteiger partial charge on any atom is 0.251 e. The van der Waals surface area contributed by atoms with Gasteiger partial charge in [0.2, 0.25) is 0 Å². The van der Waals surface area contributed by atoms with E-state index in [2.05, 4.69) is 19.2 Å². The van der Waals surface area contributed by atoms with Crippen molar-refractivity contribution in [2.24, 2.45) is 5.92 Å². The van der Waals surface area contributed by atoms with Crippen molar-refractivity contribution < 1.29 is 9.53 Å². The summed E-state index contributed by atoms with van der Waals surface area (Å²) in [7, 11) is 0. The molecule has 1 N–H and O–H groups in total. The molecule has 4 nitrogen and oxygen atoms in total. The molecule has 0 spiro atoms. The fraction of sp³-hybridized carbons (Fsp3) is 0.933. The van der Waals surface area contributed by atoms with Crippen LogP contribution in [0.3, 0.4) is 0 Å². The molecule has 2 rings (SSSR count). The van der Waals surface area contributed by atoms with Gasteiger partial charge >= 0.3 is 0 Å². The molecule has 2 aliphatic heterocycles. The van der Waals surface area contributed by atoms with Gasteiger partial charge in [-0.3, -0.25) is 4.79 Å². The molecule has 0 aliphatic carbocycles. The van der Waals surface area contributed by atoms with Crippen molar-refractivity contribution in [1.29, 1.82) is 0 Å². The van der Waals surface area contributed by atoms with Crippen LogP contribution in [0, 0.1) is 5.92 Å². The van der Waals surface area contributed by atoms with E-state index in [4.69, 9.17) is 4.74 Å². The summed E-state index contributed by atoms with van der Waals surface area (Å²) < 4.78 is 5.62. The molecule has 0 radical (unpaired) electrons. The lowest BCUT2D eigenvalue weighted by molar-refractivity contribution is -0.148. The van der Waals surface area contributed by atoms with Gasteiger partial charge in [-0.25, -0.2) is 0 Å². The zero-order valence-electron chi connectivity index (χ0n) is 12.4. The van der Waals surface area contributed by atoms with Crippen LogP contribution in [0.2, 0.25) is 0 Å². The third-order valence-electron chi connectivity index (χ3n) is 4.10. The number of hydrogen-bond acceptors (Lipinski definition) is 3. The first-order valence-corrected chi connectivity index (χ1v) is 7.80. The topological polar surface area (TPSA) is 41.6 Å². The fourth-order valence-corrected chi connectivity index (χ4v) is 2.97. The molecule has 0 aromatic heterocycles. The van der Waals surface area contributed by atoms with Crippen molar-refractivity contribution >= 4 is 5.91 Å². The number of hydrogen-bond donors (Lipinski definition) is 1. The first-order chi connectivity index (χ1) is 9.16. The molecule has 19 heavy (non-hydrogen) atoms. The Morgan fingerprint density at radius 2 is 2.16 bits per heavy atom. The Balaban J connectivity index is 1.80. The number of carbonyl (C=O) groups excluding carboxylic acids is 1. The summed E-state index contributed by atoms with van der Waals surface area (Å²) in [6.45, 7) is 7.92. The maximum atomic E-state index is 12.4. The molecule has 2 aliphatic rings. The third kappa shape index (κ3) is 4.46. The minimum atomic E-state index is -0.162. The Morgan fingerprint density at radius 1 is 1.32 bits per heavy atom. The van der Waals surface area contributed by atoms with Crippen molar-refractivity contribution in [1.82, 2.24) is 10.2 Å². The van der Waals surface area contributed by atoms with E-state index in [1.165, 1.54) is 6.42 Å². The molecule has 0 saturated carbocycles. The molecule has 2 unspecified atom stereocenters. The van der Waals surface area contributed by atoms with Crippen LogP contribution in [0.15, 0.2) is 0 Å². The minimum absolute atomic E-state index is 0.162. The van der Waals surface area contributed by atoms with Gasteiger partial charge in [-0.2, -0.15) is 0 Å². The van der Waals surface area contributed by atoms with Crippen molar-refractivity contribution in [3.8, 4) is 0 Å². The lowest BCUT2D eigenvalue weighted by Crippen LogP contribution is -2.48. The Bertz CT molecular complexity index is 288. The van der Waals surface area contributed by atoms with Gasteiger partial charge < -0.3 is 15.0 Å². The van der Waals surface area contributed by atoms with Crippen molar-refractivity contribution in [2.45, 2.75) is 58.1 Å². The molecule has 2 atom stereocenters. The molecule has 110 valence electrons. The standard InChI is InChI=1S/C15H28N2O2/c1-12(2)16-10-13-6-5-8-17(11-13)15(18)14-7-3-4-9-19-14/h12-14,16H,3-11H2,1-2H3. The predicted molar refractivity (Wildman–Crippen MR) is 76.0 cm³/mol. The smallest absolute Gasteiger partial charge is 0.251 e. The highest BCUT2D eigenvalue weighted by Gasteiger charge is 2.30. The summed E-state index contributed by atoms with van der Waals surface area (Å²) in [5, 5.41) is 3.48. The normalized spacial score (nSPS) is 28.7. The molecule has 0 aromatic carbocycles. The molecule has 4 heteroatoms. The summed E-state index contributed by atoms with van der Waals surface area (Å²) >= 11 is 0. The minimum Gasteiger partial charge on any atom is -0.368 e. The molecular formula is C15H28N2O2. The van der Waals surface area contributed by atoms with Gasteiger partial charge in [0.05, 0.1) is 0 Å². The Labute approximate surface area is 116 Å². The summed E-state index contributed by atoms with van der Waals surface area (Å²) in [5.74, 6) is 0.831. The number of piperidine rings is 1. The SMILES string of the molecule is CC(C)NCC1CCCN(C(=O)C2CCCCO2)C1. The van der Waals surface area contributed by atoms with Crippen LogP contribution < -0.4 is 5.32 Å². The van der Waals surface area contributed by atoms with E-state index < -0.39 is 0 Å². The van der Waals surface area contributed by atoms with E-state index in [0.29, 0.717) is 12.0 Å². The van der Waals surface area contributed by atoms with E-state index in [9.17, 15) is 4.79 Å². The van der Waals surface area contributed by atoms with E-state index in [-0.39, 0.29) is 12.0 Å². The number of nitrogens with zero attached hydrogens (tertiary/aromatic N) is 1. The number of ether oxygens (including phenoxy) is 1. The van der Waals surface area contributed by atoms with Crippen LogP contribution >= 0.6 is 0 Å². The van der Waals surface area contributed by atoms with Crippen LogP contribution in [-0.2, 0) is 9.53 Å². The third-order valence-corrected chi connectivity index (χ3v) is 4.10. The van der Waals surface area contributed by atoms with E-state index in [0.717, 1.165) is 51.9 Å². The van der Waals surface area contributed by atoms with Gasteiger partial charge in [-0.05, 0) is 44.6 Å². The van der Waals surface area contributed by atoms with Crippen LogP contribution in [0.5, 0.6) is 0 Å². The van der Waals surface area contributed by atoms with Gasteiger partial charge in [0, 0.05) is 25.7 Å². The van der Waals surface area contributed by atoms with Crippen molar-refractivity contribution in [3.63, 3.8) is 0 Å². The van der Waals surface area contributed by atoms with Crippen LogP contribution in [0.4, 0.5) is 0 Å². The highest BCUT2D eigenvalue weighted by molar-refractivity contribution is 5.81. The lowest BCUT2D eigenvalue weighted by Gasteiger charge is -2.36. The second kappa shape index (κ2) is 7.25. The van der Waals surface area contributed by atoms with Crippen LogP contribution in [0.1, 0.15) is 46.0 Å². The van der Waals surface area contributed by atoms with Crippen LogP contribution in [0.25, 0.3) is 0 Å². The van der Waals surface area contributed by atoms with Crippen molar-refractivity contribution in [3.05, 3.63) is 0 Å². The quantitative estimate of drug-likeness (QED) is 0.845. The van der Waals surface area contributed by atoms with Gasteiger partial charge in [-0.15, -0.1) is 0 Å². The zero-order valence-corrected chi connectivity index (χ0v) is 12.4. The summed E-state index contributed by atoms with van der Waals surface area (Å²) in [5.41, 5.74) is 0. The van der Waals surface area contributed by atoms with Gasteiger partial charge in [0.25, 0.3) is 5.91 Å². The summed E-state index contributed by atoms with van der Waals surface area (Å²) in [6.07, 6.45) is 5.33. The Kier molecular flexibility index (Phi) is 5.64. The van der Waals surface area contributed by atoms with E-state index in [1.54, 1.807) is 0 Å². The average molecular weight is 268 g/mol. The predicted octanol–water partition coefficient (Wildman–Crippen LogP) is 1.79. The second-order valence-corrected chi connectivity index (χ2v) is 6.21. The second-order valence-electron chi connectivity index (χ2n) is 6.21. The van der Waals surface area contributed by atoms with E-state index in [1.807, 2.05) is 4.90 Å². The highest BCUT2D eigenvalue weighted by atomic mass is 16.5. The Morgan fingerprint density at radius 3 is 2.84 bits per heavy atom. The lowest BCUT2D eigenvalue weighted by atomic mass is 9.96. The monoisotopic (exact) mass is 268 g/mol. The zero-order chi connectivity index (χ0) is 13.7. The first kappa shape index (κ1) is 14.8. The molecule has 0 aromatic rings. The van der Waals surface area contributed by atoms with E-state index >= 15 is 0 Å². The van der Waals surface area contributed by atoms with Gasteiger partial charge in [0.1, 0.15) is 6.10 Å². The fourth-order valence-electron chi connectivity index (χ4n) is 2.97. The number of carbonyl (C=O) groups is 1. The van der Waals surface area contributed by atoms with Gasteiger partial charge in [-0.1, -0.05) is 13.8 Å². The molecular weight excluding hydrogens is 240 g/mol. The number of likely N-dealkylation sites (tertiary alicyclic amines) is 1. The molecule has 2 fully saturated rings. The molecule has 0 bridgehead atoms. The maximum absolute atomic E-state index is 12.4. The van der Waals surface area contributed by atoms with Crippen molar-refractivity contribution in [2.75, 3.05) is 26.2 Å². The molecule has 2 saturated heterocycles. The number of nitrogens with one attached hydrogen (secondary N) is 1. The summed E-state index contributed by atoms with van der Waals surface area (Å²) in [4.78, 5) is 14.5. The average Bonchev–Trinajstić information content (AvgIpc) is 2.45. The highest BCUT2D eigenvalue weighted by Crippen LogP contribution is 2.20. The van der Waals surface area contributed by atoms with Gasteiger partial charge in [0.15, 0.2) is 0 Å². The summed E-state index contributed by atoms with van der Waals surface area (Å²) in [6, 6.07) is 0.521. The molecule has 2 heterocycles. The number of amides is 1. The van der Waals surface area contributed by atoms with Crippen LogP contribution in [-0.4, -0.2) is 49.2 Å². The molecule has 1 amide bonds. The Hall–Kier alpha value is -0.610. The number of rotatable bonds is 4.